The molecule has 1 unspecified atom stereocenters. The Morgan fingerprint density at radius 2 is 1.42 bits per heavy atom. The summed E-state index contributed by atoms with van der Waals surface area (Å²) < 4.78 is 0. The summed E-state index contributed by atoms with van der Waals surface area (Å²) in [4.78, 5) is 0. The predicted octanol–water partition coefficient (Wildman–Crippen LogP) is 4.60. The molecule has 0 bridgehead atoms. The number of hydrogen-bond donors (Lipinski definition) is 1. The lowest BCUT2D eigenvalue weighted by atomic mass is 9.97. The summed E-state index contributed by atoms with van der Waals surface area (Å²) in [6, 6.07) is 17.1. The summed E-state index contributed by atoms with van der Waals surface area (Å²) in [5.41, 5.74) is 3.91. The van der Waals surface area contributed by atoms with Gasteiger partial charge in [-0.05, 0) is 41.8 Å². The molecule has 0 aliphatic rings. The van der Waals surface area contributed by atoms with Crippen molar-refractivity contribution < 1.29 is 0 Å². The van der Waals surface area contributed by atoms with Crippen molar-refractivity contribution in [3.05, 3.63) is 70.2 Å². The lowest BCUT2D eigenvalue weighted by molar-refractivity contribution is 0.630. The largest absolute Gasteiger partial charge is 0.307 e. The molecule has 0 fully saturated rings. The van der Waals surface area contributed by atoms with E-state index in [9.17, 15) is 0 Å². The molecule has 0 radical (unpaired) electrons. The fraction of sp³-hybridized carbons (Fsp3) is 0.294. The molecule has 0 heterocycles. The maximum absolute atomic E-state index is 5.96. The minimum Gasteiger partial charge on any atom is -0.307 e. The molecule has 1 nitrogen and oxygen atoms in total. The lowest BCUT2D eigenvalue weighted by Crippen LogP contribution is -2.21. The Bertz CT molecular complexity index is 502. The standard InChI is InChI=1S/C17H20ClN/c1-3-13-5-7-14(8-6-13)17(19-4-2)15-9-11-16(18)12-10-15/h5-12,17,19H,3-4H2,1-2H3. The van der Waals surface area contributed by atoms with Crippen LogP contribution in [0.2, 0.25) is 5.02 Å². The number of nitrogens with one attached hydrogen (secondary N) is 1. The van der Waals surface area contributed by atoms with Crippen LogP contribution in [0.3, 0.4) is 0 Å². The van der Waals surface area contributed by atoms with Crippen molar-refractivity contribution in [1.82, 2.24) is 5.32 Å². The summed E-state index contributed by atoms with van der Waals surface area (Å²) in [6.45, 7) is 5.24. The van der Waals surface area contributed by atoms with E-state index in [1.165, 1.54) is 16.7 Å². The highest BCUT2D eigenvalue weighted by molar-refractivity contribution is 6.30. The van der Waals surface area contributed by atoms with Crippen molar-refractivity contribution in [1.29, 1.82) is 0 Å². The Morgan fingerprint density at radius 3 is 1.89 bits per heavy atom. The van der Waals surface area contributed by atoms with Gasteiger partial charge < -0.3 is 5.32 Å². The van der Waals surface area contributed by atoms with E-state index in [4.69, 9.17) is 11.6 Å². The molecule has 2 rings (SSSR count). The van der Waals surface area contributed by atoms with E-state index in [2.05, 4.69) is 55.6 Å². The molecule has 0 aromatic heterocycles. The second-order valence-corrected chi connectivity index (χ2v) is 5.07. The van der Waals surface area contributed by atoms with E-state index in [1.807, 2.05) is 12.1 Å². The first kappa shape index (κ1) is 14.1. The molecule has 2 aromatic rings. The molecule has 0 amide bonds. The first-order valence-corrected chi connectivity index (χ1v) is 7.20. The van der Waals surface area contributed by atoms with E-state index >= 15 is 0 Å². The van der Waals surface area contributed by atoms with Gasteiger partial charge >= 0.3 is 0 Å². The zero-order valence-electron chi connectivity index (χ0n) is 11.5. The highest BCUT2D eigenvalue weighted by Gasteiger charge is 2.12. The van der Waals surface area contributed by atoms with E-state index in [0.717, 1.165) is 18.0 Å². The number of halogens is 1. The van der Waals surface area contributed by atoms with Crippen LogP contribution in [0.25, 0.3) is 0 Å². The van der Waals surface area contributed by atoms with Gasteiger partial charge in [-0.2, -0.15) is 0 Å². The van der Waals surface area contributed by atoms with Crippen LogP contribution in [0.1, 0.15) is 36.6 Å². The van der Waals surface area contributed by atoms with Gasteiger partial charge in [0.25, 0.3) is 0 Å². The minimum atomic E-state index is 0.230. The highest BCUT2D eigenvalue weighted by Crippen LogP contribution is 2.24. The Morgan fingerprint density at radius 1 is 0.895 bits per heavy atom. The smallest absolute Gasteiger partial charge is 0.0576 e. The van der Waals surface area contributed by atoms with Gasteiger partial charge in [0.2, 0.25) is 0 Å². The summed E-state index contributed by atoms with van der Waals surface area (Å²) in [5.74, 6) is 0. The molecule has 1 atom stereocenters. The van der Waals surface area contributed by atoms with Gasteiger partial charge in [0, 0.05) is 5.02 Å². The van der Waals surface area contributed by atoms with Crippen LogP contribution in [-0.4, -0.2) is 6.54 Å². The van der Waals surface area contributed by atoms with Crippen LogP contribution in [0.4, 0.5) is 0 Å². The van der Waals surface area contributed by atoms with E-state index in [1.54, 1.807) is 0 Å². The van der Waals surface area contributed by atoms with Crippen LogP contribution >= 0.6 is 11.6 Å². The molecule has 19 heavy (non-hydrogen) atoms. The monoisotopic (exact) mass is 273 g/mol. The topological polar surface area (TPSA) is 12.0 Å². The van der Waals surface area contributed by atoms with Crippen LogP contribution in [0.15, 0.2) is 48.5 Å². The van der Waals surface area contributed by atoms with E-state index in [-0.39, 0.29) is 6.04 Å². The van der Waals surface area contributed by atoms with Gasteiger partial charge in [0.1, 0.15) is 0 Å². The first-order chi connectivity index (χ1) is 9.24. The second kappa shape index (κ2) is 6.74. The molecule has 0 aliphatic carbocycles. The third-order valence-corrected chi connectivity index (χ3v) is 3.58. The molecule has 1 N–H and O–H groups in total. The van der Waals surface area contributed by atoms with Crippen molar-refractivity contribution in [3.63, 3.8) is 0 Å². The average molecular weight is 274 g/mol. The van der Waals surface area contributed by atoms with Crippen LogP contribution in [-0.2, 0) is 6.42 Å². The van der Waals surface area contributed by atoms with Crippen molar-refractivity contribution >= 4 is 11.6 Å². The zero-order chi connectivity index (χ0) is 13.7. The van der Waals surface area contributed by atoms with Crippen molar-refractivity contribution in [2.75, 3.05) is 6.54 Å². The number of rotatable bonds is 5. The van der Waals surface area contributed by atoms with Gasteiger partial charge in [-0.3, -0.25) is 0 Å². The molecule has 2 aromatic carbocycles. The second-order valence-electron chi connectivity index (χ2n) is 4.64. The third-order valence-electron chi connectivity index (χ3n) is 3.33. The Kier molecular flexibility index (Phi) is 5.00. The molecule has 0 spiro atoms. The molecule has 0 saturated heterocycles. The quantitative estimate of drug-likeness (QED) is 0.839. The average Bonchev–Trinajstić information content (AvgIpc) is 2.46. The maximum Gasteiger partial charge on any atom is 0.0576 e. The third kappa shape index (κ3) is 3.59. The molecule has 0 aliphatic heterocycles. The van der Waals surface area contributed by atoms with Gasteiger partial charge in [0.15, 0.2) is 0 Å². The fourth-order valence-corrected chi connectivity index (χ4v) is 2.36. The molecule has 0 saturated carbocycles. The zero-order valence-corrected chi connectivity index (χ0v) is 12.2. The Labute approximate surface area is 120 Å². The number of benzene rings is 2. The minimum absolute atomic E-state index is 0.230. The maximum atomic E-state index is 5.96. The predicted molar refractivity (Wildman–Crippen MR) is 82.8 cm³/mol. The van der Waals surface area contributed by atoms with E-state index < -0.39 is 0 Å². The van der Waals surface area contributed by atoms with Crippen molar-refractivity contribution in [2.24, 2.45) is 0 Å². The molecular formula is C17H20ClN. The molecular weight excluding hydrogens is 254 g/mol. The van der Waals surface area contributed by atoms with Crippen molar-refractivity contribution in [2.45, 2.75) is 26.3 Å². The molecule has 100 valence electrons. The lowest BCUT2D eigenvalue weighted by Gasteiger charge is -2.19. The van der Waals surface area contributed by atoms with Gasteiger partial charge in [0.05, 0.1) is 6.04 Å². The number of hydrogen-bond acceptors (Lipinski definition) is 1. The Balaban J connectivity index is 2.30. The van der Waals surface area contributed by atoms with Crippen LogP contribution in [0, 0.1) is 0 Å². The summed E-state index contributed by atoms with van der Waals surface area (Å²) >= 11 is 5.96. The summed E-state index contributed by atoms with van der Waals surface area (Å²) in [7, 11) is 0. The normalized spacial score (nSPS) is 12.4. The van der Waals surface area contributed by atoms with Crippen LogP contribution < -0.4 is 5.32 Å². The van der Waals surface area contributed by atoms with E-state index in [0.29, 0.717) is 0 Å². The SMILES string of the molecule is CCNC(c1ccc(Cl)cc1)c1ccc(CC)cc1. The van der Waals surface area contributed by atoms with Gasteiger partial charge in [-0.15, -0.1) is 0 Å². The first-order valence-electron chi connectivity index (χ1n) is 6.82. The van der Waals surface area contributed by atoms with Crippen LogP contribution in [0.5, 0.6) is 0 Å². The Hall–Kier alpha value is -1.31. The molecule has 2 heteroatoms. The van der Waals surface area contributed by atoms with Crippen molar-refractivity contribution in [3.8, 4) is 0 Å². The number of aryl methyl sites for hydroxylation is 1. The van der Waals surface area contributed by atoms with Gasteiger partial charge in [-0.1, -0.05) is 61.8 Å². The summed E-state index contributed by atoms with van der Waals surface area (Å²) in [5, 5.41) is 4.31. The van der Waals surface area contributed by atoms with Gasteiger partial charge in [-0.25, -0.2) is 0 Å². The fourth-order valence-electron chi connectivity index (χ4n) is 2.23. The summed E-state index contributed by atoms with van der Waals surface area (Å²) in [6.07, 6.45) is 1.08. The highest BCUT2D eigenvalue weighted by atomic mass is 35.5.